The number of amides is 8. The number of nitrogens with two attached hydrogens (primary N) is 1. The lowest BCUT2D eigenvalue weighted by Crippen LogP contribution is -2.59. The van der Waals surface area contributed by atoms with Crippen LogP contribution in [0.25, 0.3) is 43.2 Å². The number of ether oxygens (including phenoxy) is 10. The standard InChI is InChI=1S/C90H107ClFN17O25S2/c1-54(2)77(102-72(111)26-37-126-39-34-108-73(112)23-24-74(108)113)84(118)101-66(12-9-27-95-89(93)121)83(117)100-61-21-17-58(59(44-61)50-128-51-63-47-107(105-103-63)33-41-131-90(122)104-136(123,124)98-29-38-127-42-43-130-88-80(116)79(115)78(114)71(49-110)134-88)48-109(3)35-30-106(31-36-109)32-40-129-69-22-18-57(45-65(69)91)75-76-85(96-53-97-86(76)135-81(75)55-15-19-60(92)20-16-55)133-70(87(119)120)46-56-10-5-7-13-67(56)132-52-62-25-28-94-82(99-62)64-11-6-8-14-68(64)125-4/h5-8,10-11,13-25,28,44,47,53-54,66,70-71,77-80,88,98,110,114-116H,9,12,26-27,29-43,46,48-52H2,1-4H3,(H,100,117)(H,101,118)(H,102,111)(H,104,122)(H,119,120)(H3,93,95,121)/t66-,70+,71+,77-,78+,79-,80+,88+/m0/s1. The lowest BCUT2D eigenvalue weighted by molar-refractivity contribution is -0.926. The minimum atomic E-state index is -4.42. The molecule has 0 aliphatic carbocycles. The Kier molecular flexibility index (Phi) is 37.2. The van der Waals surface area contributed by atoms with E-state index in [1.807, 2.05) is 30.3 Å². The van der Waals surface area contributed by atoms with Crippen molar-refractivity contribution in [2.24, 2.45) is 11.7 Å². The number of fused-ring (bicyclic) bond motifs is 1. The number of anilines is 1. The van der Waals surface area contributed by atoms with Gasteiger partial charge in [0.05, 0.1) is 123 Å². The predicted octanol–water partition coefficient (Wildman–Crippen LogP) is 4.12. The van der Waals surface area contributed by atoms with Crippen molar-refractivity contribution in [3.63, 3.8) is 0 Å². The number of rotatable bonds is 51. The van der Waals surface area contributed by atoms with Crippen LogP contribution in [-0.2, 0) is 107 Å². The number of aliphatic carboxylic acids is 1. The number of hydrogen-bond acceptors (Lipinski definition) is 32. The molecular weight excluding hydrogens is 1840 g/mol. The minimum absolute atomic E-state index is 0.0119. The Morgan fingerprint density at radius 2 is 1.52 bits per heavy atom. The summed E-state index contributed by atoms with van der Waals surface area (Å²) in [7, 11) is -0.736. The summed E-state index contributed by atoms with van der Waals surface area (Å²) in [5.41, 5.74) is 10.9. The molecule has 728 valence electrons. The first-order chi connectivity index (χ1) is 65.4. The van der Waals surface area contributed by atoms with Gasteiger partial charge in [0.1, 0.15) is 90.4 Å². The molecule has 0 bridgehead atoms. The zero-order valence-electron chi connectivity index (χ0n) is 74.7. The third kappa shape index (κ3) is 29.1. The Labute approximate surface area is 790 Å². The molecule has 136 heavy (non-hydrogen) atoms. The Morgan fingerprint density at radius 1 is 0.765 bits per heavy atom. The molecule has 9 aromatic rings. The number of thiophene rings is 1. The zero-order valence-corrected chi connectivity index (χ0v) is 77.1. The molecule has 2 saturated heterocycles. The molecule has 0 unspecified atom stereocenters. The molecule has 7 heterocycles. The smallest absolute Gasteiger partial charge is 0.421 e. The van der Waals surface area contributed by atoms with Gasteiger partial charge in [-0.05, 0) is 89.0 Å². The van der Waals surface area contributed by atoms with Crippen molar-refractivity contribution in [2.45, 2.75) is 121 Å². The van der Waals surface area contributed by atoms with Gasteiger partial charge in [-0.15, -0.1) is 51.8 Å². The highest BCUT2D eigenvalue weighted by atomic mass is 35.5. The molecule has 8 atom stereocenters. The second-order valence-corrected chi connectivity index (χ2v) is 35.2. The van der Waals surface area contributed by atoms with Gasteiger partial charge < -0.3 is 104 Å². The number of imide groups is 1. The van der Waals surface area contributed by atoms with Crippen molar-refractivity contribution in [3.05, 3.63) is 185 Å². The van der Waals surface area contributed by atoms with Crippen molar-refractivity contribution in [1.82, 2.24) is 70.1 Å². The fourth-order valence-corrected chi connectivity index (χ4v) is 16.9. The van der Waals surface area contributed by atoms with Gasteiger partial charge in [0.25, 0.3) is 11.8 Å². The van der Waals surface area contributed by atoms with Crippen molar-refractivity contribution in [2.75, 3.05) is 125 Å². The molecule has 46 heteroatoms. The lowest BCUT2D eigenvalue weighted by Gasteiger charge is -2.42. The molecule has 0 radical (unpaired) electrons. The van der Waals surface area contributed by atoms with E-state index in [0.717, 1.165) is 22.6 Å². The number of carbonyl (C=O) groups excluding carboxylic acids is 7. The van der Waals surface area contributed by atoms with Crippen LogP contribution in [0.1, 0.15) is 61.2 Å². The van der Waals surface area contributed by atoms with Gasteiger partial charge in [0.2, 0.25) is 29.7 Å². The summed E-state index contributed by atoms with van der Waals surface area (Å²) in [6.45, 7) is 5.22. The molecule has 3 aliphatic heterocycles. The number of carbonyl (C=O) groups is 8. The lowest BCUT2D eigenvalue weighted by atomic mass is 9.99. The van der Waals surface area contributed by atoms with E-state index in [-0.39, 0.29) is 129 Å². The number of carboxylic acid groups (broad SMARTS) is 1. The molecule has 8 amide bonds. The monoisotopic (exact) mass is 1940 g/mol. The molecule has 13 N–H and O–H groups in total. The van der Waals surface area contributed by atoms with Crippen LogP contribution >= 0.6 is 22.9 Å². The van der Waals surface area contributed by atoms with Crippen LogP contribution in [0.3, 0.4) is 0 Å². The van der Waals surface area contributed by atoms with Crippen LogP contribution in [0.15, 0.2) is 140 Å². The molecule has 12 rings (SSSR count). The van der Waals surface area contributed by atoms with Crippen LogP contribution in [-0.4, -0.2) is 299 Å². The minimum Gasteiger partial charge on any atom is -0.534 e. The number of urea groups is 1. The number of methoxy groups -OCH3 is 1. The average molecular weight is 1950 g/mol. The van der Waals surface area contributed by atoms with Crippen molar-refractivity contribution < 1.29 is 129 Å². The highest BCUT2D eigenvalue weighted by Gasteiger charge is 2.44. The Balaban J connectivity index is 0.679. The summed E-state index contributed by atoms with van der Waals surface area (Å²) in [5.74, 6) is -3.33. The van der Waals surface area contributed by atoms with E-state index in [1.165, 1.54) is 40.7 Å². The Morgan fingerprint density at radius 3 is 2.26 bits per heavy atom. The number of halogens is 2. The number of piperazine rings is 1. The maximum absolute atomic E-state index is 14.6. The number of nitrogens with zero attached hydrogens (tertiary/aromatic N) is 10. The Hall–Kier alpha value is -12.4. The van der Waals surface area contributed by atoms with Gasteiger partial charge >= 0.3 is 28.3 Å². The predicted molar refractivity (Wildman–Crippen MR) is 487 cm³/mol. The van der Waals surface area contributed by atoms with E-state index in [1.54, 1.807) is 98.6 Å². The fourth-order valence-electron chi connectivity index (χ4n) is 14.8. The number of hydrogen-bond donors (Lipinski definition) is 12. The normalized spacial score (nSPS) is 17.3. The molecule has 4 aromatic heterocycles. The Bertz CT molecular complexity index is 5760. The maximum atomic E-state index is 14.6. The summed E-state index contributed by atoms with van der Waals surface area (Å²) in [5, 5.41) is 70.1. The van der Waals surface area contributed by atoms with Crippen molar-refractivity contribution in [3.8, 4) is 56.1 Å². The summed E-state index contributed by atoms with van der Waals surface area (Å²) in [6, 6.07) is 30.9. The van der Waals surface area contributed by atoms with Gasteiger partial charge in [0.15, 0.2) is 12.1 Å². The van der Waals surface area contributed by atoms with Crippen LogP contribution in [0.2, 0.25) is 5.02 Å². The van der Waals surface area contributed by atoms with Gasteiger partial charge in [-0.2, -0.15) is 13.1 Å². The first kappa shape index (κ1) is 102. The van der Waals surface area contributed by atoms with Gasteiger partial charge in [-0.25, -0.2) is 48.1 Å². The molecule has 42 nitrogen and oxygen atoms in total. The topological polar surface area (TPSA) is 551 Å². The molecule has 5 aromatic carbocycles. The molecule has 3 aliphatic rings. The number of likely N-dealkylation sites (N-methyl/N-ethyl adjacent to an activating group) is 1. The van der Waals surface area contributed by atoms with Crippen LogP contribution in [0.5, 0.6) is 23.1 Å². The average Bonchev–Trinajstić information content (AvgIpc) is 1.60. The number of carboxylic acids is 1. The number of quaternary nitrogens is 1. The van der Waals surface area contributed by atoms with E-state index in [2.05, 4.69) is 69.3 Å². The number of nitrogens with one attached hydrogen (secondary N) is 6. The number of para-hydroxylation sites is 2. The molecule has 2 fully saturated rings. The van der Waals surface area contributed by atoms with Crippen LogP contribution < -0.4 is 55.4 Å². The number of aliphatic hydroxyl groups excluding tert-OH is 4. The third-order valence-corrected chi connectivity index (χ3v) is 24.5. The largest absolute Gasteiger partial charge is 0.534 e. The number of aliphatic hydroxyl groups is 4. The number of benzene rings is 5. The van der Waals surface area contributed by atoms with E-state index in [0.29, 0.717) is 132 Å². The highest BCUT2D eigenvalue weighted by molar-refractivity contribution is 7.88. The summed E-state index contributed by atoms with van der Waals surface area (Å²) >= 11 is 8.37. The van der Waals surface area contributed by atoms with Gasteiger partial charge in [0, 0.05) is 85.4 Å². The molecular formula is C90H107ClFN17O25S2. The molecule has 0 spiro atoms. The van der Waals surface area contributed by atoms with Crippen molar-refractivity contribution >= 4 is 96.7 Å². The number of primary amides is 1. The number of aromatic nitrogens is 7. The SMILES string of the molecule is COc1ccccc1-c1nccc(COc2ccccc2C[C@@H](Oc2ncnc3sc(-c4ccc(F)cc4)c(-c4[c-]c(Cl)c(OCCN5CC[N+](C)(Cc6ccc(NC(=O)[C@H](CCCNC(N)=O)NC(=O)[C@@H](NC(=O)CCOCCN7C(=O)C=CC7=O)C(C)C)cc6COCc6cn(CCOC(=O)NS(=O)(=O)NCCOCCO[C@@H]7O[C@H](CO)[C@@H](O)[C@H](O)[C@H]7O)nn6)CC5)cc4)c23)C(=O)O)n1. The van der Waals surface area contributed by atoms with Crippen LogP contribution in [0, 0.1) is 17.8 Å². The zero-order chi connectivity index (χ0) is 97.0. The van der Waals surface area contributed by atoms with E-state index in [9.17, 15) is 76.7 Å². The first-order valence-electron chi connectivity index (χ1n) is 43.5. The highest BCUT2D eigenvalue weighted by Crippen LogP contribution is 2.48. The fraction of sp³-hybridized carbons (Fsp3) is 0.422. The second-order valence-electron chi connectivity index (χ2n) is 32.3. The summed E-state index contributed by atoms with van der Waals surface area (Å²) in [4.78, 5) is 126. The molecule has 0 saturated carbocycles. The third-order valence-electron chi connectivity index (χ3n) is 22.1. The summed E-state index contributed by atoms with van der Waals surface area (Å²) in [6.07, 6.45) is -3.61. The van der Waals surface area contributed by atoms with E-state index >= 15 is 0 Å². The second kappa shape index (κ2) is 49.3. The van der Waals surface area contributed by atoms with Crippen LogP contribution in [0.4, 0.5) is 19.7 Å². The van der Waals surface area contributed by atoms with Crippen molar-refractivity contribution in [1.29, 1.82) is 0 Å². The first-order valence-corrected chi connectivity index (χ1v) is 46.2. The maximum Gasteiger partial charge on any atom is 0.421 e. The summed E-state index contributed by atoms with van der Waals surface area (Å²) < 4.78 is 103. The van der Waals surface area contributed by atoms with E-state index < -0.39 is 125 Å². The quantitative estimate of drug-likeness (QED) is 0.0110. The van der Waals surface area contributed by atoms with E-state index in [4.69, 9.17) is 69.7 Å². The van der Waals surface area contributed by atoms with Gasteiger partial charge in [-0.1, -0.05) is 73.2 Å². The van der Waals surface area contributed by atoms with Gasteiger partial charge in [-0.3, -0.25) is 33.8 Å².